The zero-order valence-corrected chi connectivity index (χ0v) is 18.6. The second-order valence-corrected chi connectivity index (χ2v) is 10.6. The molecule has 0 saturated heterocycles. The molecule has 8 heteroatoms. The van der Waals surface area contributed by atoms with Crippen LogP contribution in [0, 0.1) is 5.92 Å². The molecule has 1 amide bonds. The van der Waals surface area contributed by atoms with Gasteiger partial charge in [-0.05, 0) is 63.1 Å². The Morgan fingerprint density at radius 1 is 1.07 bits per heavy atom. The minimum Gasteiger partial charge on any atom is -0.461 e. The van der Waals surface area contributed by atoms with Gasteiger partial charge in [-0.1, -0.05) is 6.42 Å². The predicted octanol–water partition coefficient (Wildman–Crippen LogP) is 3.60. The van der Waals surface area contributed by atoms with Gasteiger partial charge in [-0.25, -0.2) is 0 Å². The van der Waals surface area contributed by atoms with Crippen molar-refractivity contribution in [2.45, 2.75) is 63.8 Å². The van der Waals surface area contributed by atoms with Crippen LogP contribution < -0.4 is 10.0 Å². The van der Waals surface area contributed by atoms with Crippen molar-refractivity contribution >= 4 is 32.8 Å². The fraction of sp³-hybridized carbons (Fsp3) is 0.591. The highest BCUT2D eigenvalue weighted by Gasteiger charge is 2.29. The molecule has 2 N–H and O–H groups in total. The molecule has 0 bridgehead atoms. The number of hydrogen-bond acceptors (Lipinski definition) is 4. The van der Waals surface area contributed by atoms with Crippen LogP contribution in [0.2, 0.25) is 0 Å². The smallest absolute Gasteiger partial charge is 0.279 e. The molecule has 2 aliphatic carbocycles. The van der Waals surface area contributed by atoms with Crippen LogP contribution in [-0.4, -0.2) is 38.8 Å². The molecule has 1 aromatic heterocycles. The summed E-state index contributed by atoms with van der Waals surface area (Å²) in [5.74, 6) is 1.02. The average Bonchev–Trinajstić information content (AvgIpc) is 2.88. The Labute approximate surface area is 178 Å². The zero-order chi connectivity index (χ0) is 21.3. The minimum atomic E-state index is -3.44. The van der Waals surface area contributed by atoms with Crippen molar-refractivity contribution in [1.82, 2.24) is 9.03 Å². The van der Waals surface area contributed by atoms with E-state index in [1.54, 1.807) is 0 Å². The Morgan fingerprint density at radius 2 is 1.80 bits per heavy atom. The van der Waals surface area contributed by atoms with E-state index in [1.807, 2.05) is 18.2 Å². The van der Waals surface area contributed by atoms with Gasteiger partial charge in [-0.3, -0.25) is 4.79 Å². The number of hydrogen-bond donors (Lipinski definition) is 2. The highest BCUT2D eigenvalue weighted by molar-refractivity contribution is 7.87. The van der Waals surface area contributed by atoms with Crippen LogP contribution in [0.5, 0.6) is 0 Å². The van der Waals surface area contributed by atoms with E-state index >= 15 is 0 Å². The third kappa shape index (κ3) is 4.55. The van der Waals surface area contributed by atoms with Gasteiger partial charge in [-0.15, -0.1) is 0 Å². The molecule has 2 aromatic rings. The van der Waals surface area contributed by atoms with Gasteiger partial charge >= 0.3 is 0 Å². The van der Waals surface area contributed by atoms with Crippen LogP contribution >= 0.6 is 0 Å². The third-order valence-electron chi connectivity index (χ3n) is 6.37. The van der Waals surface area contributed by atoms with Gasteiger partial charge in [0.15, 0.2) is 0 Å². The lowest BCUT2D eigenvalue weighted by atomic mass is 9.86. The van der Waals surface area contributed by atoms with Crippen molar-refractivity contribution in [2.75, 3.05) is 19.4 Å². The summed E-state index contributed by atoms with van der Waals surface area (Å²) >= 11 is 0. The van der Waals surface area contributed by atoms with E-state index in [-0.39, 0.29) is 17.9 Å². The number of nitrogens with one attached hydrogen (secondary N) is 2. The monoisotopic (exact) mass is 433 g/mol. The Morgan fingerprint density at radius 3 is 2.53 bits per heavy atom. The number of benzene rings is 1. The van der Waals surface area contributed by atoms with E-state index in [9.17, 15) is 13.2 Å². The molecule has 0 atom stereocenters. The number of fused-ring (bicyclic) bond motifs is 3. The molecule has 1 aromatic carbocycles. The summed E-state index contributed by atoms with van der Waals surface area (Å²) in [7, 11) is -0.414. The van der Waals surface area contributed by atoms with Crippen LogP contribution in [0.15, 0.2) is 22.6 Å². The third-order valence-corrected chi connectivity index (χ3v) is 7.96. The van der Waals surface area contributed by atoms with Gasteiger partial charge in [0, 0.05) is 49.1 Å². The Balaban J connectivity index is 1.39. The molecule has 4 rings (SSSR count). The van der Waals surface area contributed by atoms with Crippen molar-refractivity contribution in [3.63, 3.8) is 0 Å². The summed E-state index contributed by atoms with van der Waals surface area (Å²) in [5.41, 5.74) is 3.00. The lowest BCUT2D eigenvalue weighted by molar-refractivity contribution is -0.120. The van der Waals surface area contributed by atoms with Gasteiger partial charge in [0.1, 0.15) is 11.3 Å². The lowest BCUT2D eigenvalue weighted by Gasteiger charge is -2.29. The highest BCUT2D eigenvalue weighted by atomic mass is 32.2. The summed E-state index contributed by atoms with van der Waals surface area (Å²) in [5, 5.41) is 4.19. The quantitative estimate of drug-likeness (QED) is 0.705. The first kappa shape index (κ1) is 21.3. The first-order valence-corrected chi connectivity index (χ1v) is 12.3. The molecule has 1 saturated carbocycles. The number of furan rings is 1. The zero-order valence-electron chi connectivity index (χ0n) is 17.7. The van der Waals surface area contributed by atoms with Crippen molar-refractivity contribution in [3.05, 3.63) is 29.5 Å². The Bertz CT molecular complexity index is 1020. The lowest BCUT2D eigenvalue weighted by Crippen LogP contribution is -2.44. The van der Waals surface area contributed by atoms with Crippen LogP contribution in [-0.2, 0) is 27.8 Å². The van der Waals surface area contributed by atoms with Gasteiger partial charge in [0.2, 0.25) is 5.91 Å². The molecule has 0 radical (unpaired) electrons. The molecule has 0 aliphatic heterocycles. The summed E-state index contributed by atoms with van der Waals surface area (Å²) in [6.07, 6.45) is 8.29. The molecular formula is C22H31N3O4S. The van der Waals surface area contributed by atoms with E-state index in [1.165, 1.54) is 43.2 Å². The van der Waals surface area contributed by atoms with Gasteiger partial charge in [0.05, 0.1) is 0 Å². The van der Waals surface area contributed by atoms with E-state index < -0.39 is 10.2 Å². The molecule has 2 aliphatic rings. The molecule has 0 spiro atoms. The largest absolute Gasteiger partial charge is 0.461 e. The Hall–Kier alpha value is -1.90. The normalized spacial score (nSPS) is 22.6. The summed E-state index contributed by atoms with van der Waals surface area (Å²) in [6, 6.07) is 5.78. The van der Waals surface area contributed by atoms with Crippen LogP contribution in [0.1, 0.15) is 56.3 Å². The van der Waals surface area contributed by atoms with Gasteiger partial charge in [0.25, 0.3) is 10.2 Å². The number of aryl methyl sites for hydroxylation is 2. The summed E-state index contributed by atoms with van der Waals surface area (Å²) < 4.78 is 33.9. The second-order valence-electron chi connectivity index (χ2n) is 8.72. The van der Waals surface area contributed by atoms with E-state index in [2.05, 4.69) is 10.0 Å². The molecule has 30 heavy (non-hydrogen) atoms. The fourth-order valence-corrected chi connectivity index (χ4v) is 5.42. The van der Waals surface area contributed by atoms with E-state index in [0.717, 1.165) is 35.3 Å². The van der Waals surface area contributed by atoms with Crippen molar-refractivity contribution in [1.29, 1.82) is 0 Å². The first-order valence-electron chi connectivity index (χ1n) is 10.9. The predicted molar refractivity (Wildman–Crippen MR) is 118 cm³/mol. The first-order chi connectivity index (χ1) is 14.3. The number of amides is 1. The SMILES string of the molecule is CN(C)S(=O)(=O)N[C@H]1CC[C@H](C(=O)Nc2ccc3oc4c(c3c2)CCCCC4)CC1. The highest BCUT2D eigenvalue weighted by Crippen LogP contribution is 2.33. The number of anilines is 1. The molecule has 1 heterocycles. The summed E-state index contributed by atoms with van der Waals surface area (Å²) in [4.78, 5) is 12.8. The van der Waals surface area contributed by atoms with Crippen LogP contribution in [0.3, 0.4) is 0 Å². The van der Waals surface area contributed by atoms with Crippen molar-refractivity contribution in [2.24, 2.45) is 5.92 Å². The van der Waals surface area contributed by atoms with Gasteiger partial charge < -0.3 is 9.73 Å². The maximum absolute atomic E-state index is 12.8. The molecular weight excluding hydrogens is 402 g/mol. The molecule has 7 nitrogen and oxygen atoms in total. The van der Waals surface area contributed by atoms with Crippen molar-refractivity contribution < 1.29 is 17.6 Å². The Kier molecular flexibility index (Phi) is 6.18. The van der Waals surface area contributed by atoms with E-state index in [4.69, 9.17) is 4.42 Å². The minimum absolute atomic E-state index is 0.0119. The van der Waals surface area contributed by atoms with Gasteiger partial charge in [-0.2, -0.15) is 17.4 Å². The summed E-state index contributed by atoms with van der Waals surface area (Å²) in [6.45, 7) is 0. The number of nitrogens with zero attached hydrogens (tertiary/aromatic N) is 1. The fourth-order valence-electron chi connectivity index (χ4n) is 4.55. The number of carbonyl (C=O) groups excluding carboxylic acids is 1. The maximum Gasteiger partial charge on any atom is 0.279 e. The van der Waals surface area contributed by atoms with Crippen molar-refractivity contribution in [3.8, 4) is 0 Å². The topological polar surface area (TPSA) is 91.7 Å². The molecule has 164 valence electrons. The standard InChI is InChI=1S/C22H31N3O4S/c1-25(2)30(27,28)24-16-10-8-15(9-11-16)22(26)23-17-12-13-21-19(14-17)18-6-4-3-5-7-20(18)29-21/h12-16,24H,3-11H2,1-2H3,(H,23,26)/t15-,16-. The molecule has 0 unspecified atom stereocenters. The second kappa shape index (κ2) is 8.69. The van der Waals surface area contributed by atoms with E-state index in [0.29, 0.717) is 25.7 Å². The van der Waals surface area contributed by atoms with Crippen LogP contribution in [0.4, 0.5) is 5.69 Å². The van der Waals surface area contributed by atoms with Crippen LogP contribution in [0.25, 0.3) is 11.0 Å². The number of rotatable bonds is 5. The maximum atomic E-state index is 12.8. The average molecular weight is 434 g/mol. The number of carbonyl (C=O) groups is 1. The molecule has 1 fully saturated rings.